The Bertz CT molecular complexity index is 1910. The van der Waals surface area contributed by atoms with Gasteiger partial charge in [-0.3, -0.25) is 4.79 Å². The van der Waals surface area contributed by atoms with E-state index in [0.29, 0.717) is 16.3 Å². The van der Waals surface area contributed by atoms with Gasteiger partial charge in [-0.1, -0.05) is 24.1 Å². The number of hydrogen-bond acceptors (Lipinski definition) is 3. The number of aromatic nitrogens is 2. The van der Waals surface area contributed by atoms with Gasteiger partial charge in [0.05, 0.1) is 15.8 Å². The Hall–Kier alpha value is -3.89. The predicted molar refractivity (Wildman–Crippen MR) is 137 cm³/mol. The Kier molecular flexibility index (Phi) is 4.67. The molecule has 0 unspecified atom stereocenters. The molecule has 1 fully saturated rings. The Balaban J connectivity index is 1.72. The van der Waals surface area contributed by atoms with E-state index in [1.165, 1.54) is 18.2 Å². The zero-order chi connectivity index (χ0) is 24.5. The minimum absolute atomic E-state index is 0.0694. The van der Waals surface area contributed by atoms with Crippen LogP contribution >= 0.6 is 0 Å². The van der Waals surface area contributed by atoms with Crippen molar-refractivity contribution in [2.75, 3.05) is 0 Å². The fourth-order valence-electron chi connectivity index (χ4n) is 5.17. The van der Waals surface area contributed by atoms with Crippen molar-refractivity contribution >= 4 is 43.1 Å². The first-order chi connectivity index (χ1) is 16.8. The van der Waals surface area contributed by atoms with Gasteiger partial charge in [0.25, 0.3) is 0 Å². The molecule has 2 aromatic heterocycles. The second kappa shape index (κ2) is 7.56. The zero-order valence-corrected chi connectivity index (χ0v) is 19.7. The third-order valence-corrected chi connectivity index (χ3v) is 7.94. The molecule has 35 heavy (non-hydrogen) atoms. The monoisotopic (exact) mass is 484 g/mol. The van der Waals surface area contributed by atoms with Gasteiger partial charge in [0, 0.05) is 27.9 Å². The van der Waals surface area contributed by atoms with Crippen LogP contribution < -0.4 is 5.43 Å². The molecule has 2 heterocycles. The van der Waals surface area contributed by atoms with Gasteiger partial charge >= 0.3 is 10.2 Å². The summed E-state index contributed by atoms with van der Waals surface area (Å²) in [5, 5.41) is 2.07. The predicted octanol–water partition coefficient (Wildman–Crippen LogP) is 5.98. The molecular weight excluding hydrogens is 463 g/mol. The second-order valence-electron chi connectivity index (χ2n) is 9.19. The molecule has 0 spiro atoms. The number of rotatable bonds is 3. The average molecular weight is 485 g/mol. The van der Waals surface area contributed by atoms with Crippen LogP contribution in [0.3, 0.4) is 0 Å². The molecule has 1 saturated carbocycles. The highest BCUT2D eigenvalue weighted by molar-refractivity contribution is 7.86. The summed E-state index contributed by atoms with van der Waals surface area (Å²) in [6.45, 7) is 1.87. The van der Waals surface area contributed by atoms with Crippen LogP contribution in [-0.4, -0.2) is 18.0 Å². The number of aromatic amines is 1. The maximum absolute atomic E-state index is 13.8. The van der Waals surface area contributed by atoms with Crippen molar-refractivity contribution < 1.29 is 12.3 Å². The van der Waals surface area contributed by atoms with Crippen molar-refractivity contribution in [3.8, 4) is 23.5 Å². The summed E-state index contributed by atoms with van der Waals surface area (Å²) in [5.41, 5.74) is 5.13. The van der Waals surface area contributed by atoms with Crippen molar-refractivity contribution in [1.29, 1.82) is 0 Å². The van der Waals surface area contributed by atoms with Crippen molar-refractivity contribution in [2.45, 2.75) is 37.1 Å². The van der Waals surface area contributed by atoms with E-state index in [1.54, 1.807) is 6.07 Å². The van der Waals surface area contributed by atoms with Crippen LogP contribution in [0.15, 0.2) is 64.3 Å². The highest BCUT2D eigenvalue weighted by Crippen LogP contribution is 2.39. The third kappa shape index (κ3) is 3.28. The number of terminal acetylenes is 1. The number of nitrogens with one attached hydrogen (secondary N) is 1. The molecule has 3 aromatic carbocycles. The maximum Gasteiger partial charge on any atom is 0.332 e. The van der Waals surface area contributed by atoms with E-state index < -0.39 is 10.2 Å². The molecule has 0 amide bonds. The standard InChI is InChI=1S/C28H21FN2O3S/c1-3-17-10-11-21-24(13-17)30-28-26(21)27(32)23-12-16(2)22(15-25(23)31(28)19-7-5-8-19)18-6-4-9-20(14-18)35(29,33)34/h1,4,6,9-15,19,30H,5,7-8H2,2H3. The molecule has 0 saturated heterocycles. The van der Waals surface area contributed by atoms with Crippen LogP contribution in [-0.2, 0) is 10.2 Å². The summed E-state index contributed by atoms with van der Waals surface area (Å²) in [6.07, 6.45) is 8.69. The molecule has 6 rings (SSSR count). The van der Waals surface area contributed by atoms with E-state index in [-0.39, 0.29) is 16.4 Å². The lowest BCUT2D eigenvalue weighted by Crippen LogP contribution is -2.21. The first-order valence-electron chi connectivity index (χ1n) is 11.4. The quantitative estimate of drug-likeness (QED) is 0.253. The SMILES string of the molecule is C#Cc1ccc2c(c1)[nH]c1c2c(=O)c2cc(C)c(-c3cccc(S(=O)(=O)F)c3)cc2n1C1CCC1. The lowest BCUT2D eigenvalue weighted by Gasteiger charge is -2.31. The van der Waals surface area contributed by atoms with E-state index in [9.17, 15) is 17.1 Å². The van der Waals surface area contributed by atoms with Gasteiger partial charge < -0.3 is 9.55 Å². The lowest BCUT2D eigenvalue weighted by molar-refractivity contribution is 0.327. The van der Waals surface area contributed by atoms with Crippen LogP contribution in [0.4, 0.5) is 3.89 Å². The Morgan fingerprint density at radius 1 is 1.09 bits per heavy atom. The molecule has 1 aliphatic rings. The van der Waals surface area contributed by atoms with E-state index in [0.717, 1.165) is 58.0 Å². The molecule has 0 radical (unpaired) electrons. The van der Waals surface area contributed by atoms with Gasteiger partial charge in [-0.25, -0.2) is 0 Å². The number of benzene rings is 3. The topological polar surface area (TPSA) is 71.9 Å². The van der Waals surface area contributed by atoms with Crippen LogP contribution in [0, 0.1) is 19.3 Å². The number of H-pyrrole nitrogens is 1. The molecule has 1 N–H and O–H groups in total. The largest absolute Gasteiger partial charge is 0.340 e. The summed E-state index contributed by atoms with van der Waals surface area (Å²) in [4.78, 5) is 16.8. The highest BCUT2D eigenvalue weighted by Gasteiger charge is 2.26. The first-order valence-corrected chi connectivity index (χ1v) is 12.8. The number of nitrogens with zero attached hydrogens (tertiary/aromatic N) is 1. The molecule has 0 bridgehead atoms. The van der Waals surface area contributed by atoms with Gasteiger partial charge in [0.15, 0.2) is 5.43 Å². The molecular formula is C28H21FN2O3S. The van der Waals surface area contributed by atoms with Crippen LogP contribution in [0.1, 0.15) is 36.4 Å². The molecule has 5 aromatic rings. The van der Waals surface area contributed by atoms with Gasteiger partial charge in [-0.2, -0.15) is 8.42 Å². The summed E-state index contributed by atoms with van der Waals surface area (Å²) >= 11 is 0. The van der Waals surface area contributed by atoms with Gasteiger partial charge in [-0.15, -0.1) is 10.3 Å². The Labute approximate surface area is 201 Å². The third-order valence-electron chi connectivity index (χ3n) is 7.13. The average Bonchev–Trinajstić information content (AvgIpc) is 3.18. The van der Waals surface area contributed by atoms with Crippen molar-refractivity contribution in [3.05, 3.63) is 75.9 Å². The van der Waals surface area contributed by atoms with Crippen LogP contribution in [0.5, 0.6) is 0 Å². The second-order valence-corrected chi connectivity index (χ2v) is 10.5. The Morgan fingerprint density at radius 2 is 1.89 bits per heavy atom. The smallest absolute Gasteiger partial charge is 0.332 e. The molecule has 174 valence electrons. The molecule has 1 aliphatic carbocycles. The van der Waals surface area contributed by atoms with Crippen molar-refractivity contribution in [2.24, 2.45) is 0 Å². The number of pyridine rings is 1. The Morgan fingerprint density at radius 3 is 2.57 bits per heavy atom. The first kappa shape index (κ1) is 21.6. The van der Waals surface area contributed by atoms with Crippen molar-refractivity contribution in [1.82, 2.24) is 9.55 Å². The van der Waals surface area contributed by atoms with Gasteiger partial charge in [0.2, 0.25) is 0 Å². The minimum Gasteiger partial charge on any atom is -0.340 e. The number of halogens is 1. The van der Waals surface area contributed by atoms with Crippen LogP contribution in [0.2, 0.25) is 0 Å². The summed E-state index contributed by atoms with van der Waals surface area (Å²) in [7, 11) is -4.84. The van der Waals surface area contributed by atoms with E-state index in [4.69, 9.17) is 6.42 Å². The number of aryl methyl sites for hydroxylation is 1. The number of fused-ring (bicyclic) bond motifs is 4. The highest BCUT2D eigenvalue weighted by atomic mass is 32.3. The fourth-order valence-corrected chi connectivity index (χ4v) is 5.68. The molecule has 5 nitrogen and oxygen atoms in total. The molecule has 7 heteroatoms. The fraction of sp³-hybridized carbons (Fsp3) is 0.179. The zero-order valence-electron chi connectivity index (χ0n) is 18.9. The van der Waals surface area contributed by atoms with Gasteiger partial charge in [-0.05, 0) is 79.3 Å². The maximum atomic E-state index is 13.8. The number of hydrogen-bond donors (Lipinski definition) is 1. The summed E-state index contributed by atoms with van der Waals surface area (Å²) < 4.78 is 38.9. The van der Waals surface area contributed by atoms with Crippen LogP contribution in [0.25, 0.3) is 44.0 Å². The van der Waals surface area contributed by atoms with Crippen molar-refractivity contribution in [3.63, 3.8) is 0 Å². The summed E-state index contributed by atoms with van der Waals surface area (Å²) in [6, 6.07) is 15.5. The van der Waals surface area contributed by atoms with E-state index in [2.05, 4.69) is 15.5 Å². The molecule has 0 aliphatic heterocycles. The minimum atomic E-state index is -4.84. The van der Waals surface area contributed by atoms with E-state index >= 15 is 0 Å². The van der Waals surface area contributed by atoms with E-state index in [1.807, 2.05) is 37.3 Å². The summed E-state index contributed by atoms with van der Waals surface area (Å²) in [5.74, 6) is 2.64. The normalized spacial score (nSPS) is 14.4. The molecule has 0 atom stereocenters. The van der Waals surface area contributed by atoms with Gasteiger partial charge in [0.1, 0.15) is 5.65 Å². The lowest BCUT2D eigenvalue weighted by atomic mass is 9.91.